The Bertz CT molecular complexity index is 733. The highest BCUT2D eigenvalue weighted by atomic mass is 35.5. The molecule has 136 valence electrons. The van der Waals surface area contributed by atoms with Crippen molar-refractivity contribution in [2.24, 2.45) is 0 Å². The van der Waals surface area contributed by atoms with Crippen LogP contribution < -0.4 is 9.47 Å². The van der Waals surface area contributed by atoms with Crippen molar-refractivity contribution in [2.45, 2.75) is 12.6 Å². The number of hydrogen-bond acceptors (Lipinski definition) is 4. The Morgan fingerprint density at radius 3 is 2.20 bits per heavy atom. The maximum absolute atomic E-state index is 13.5. The minimum Gasteiger partial charge on any atom is -0.508 e. The Balaban J connectivity index is 1.84. The van der Waals surface area contributed by atoms with Crippen molar-refractivity contribution in [1.29, 1.82) is 0 Å². The third-order valence-corrected chi connectivity index (χ3v) is 3.45. The third kappa shape index (κ3) is 5.27. The number of aromatic hydroxyl groups is 1. The van der Waals surface area contributed by atoms with E-state index in [4.69, 9.17) is 32.7 Å². The lowest BCUT2D eigenvalue weighted by molar-refractivity contribution is -0.138. The fourth-order valence-electron chi connectivity index (χ4n) is 1.77. The van der Waals surface area contributed by atoms with Crippen LogP contribution in [0.5, 0.6) is 17.4 Å². The highest BCUT2D eigenvalue weighted by Gasteiger charge is 2.32. The summed E-state index contributed by atoms with van der Waals surface area (Å²) in [5.41, 5.74) is -1.20. The minimum atomic E-state index is -4.68. The van der Waals surface area contributed by atoms with Crippen LogP contribution in [-0.4, -0.2) is 23.3 Å². The van der Waals surface area contributed by atoms with E-state index in [0.717, 1.165) is 0 Å². The molecule has 10 heteroatoms. The zero-order chi connectivity index (χ0) is 18.6. The Hall–Kier alpha value is -1.93. The molecule has 0 saturated carbocycles. The number of aromatic nitrogens is 1. The van der Waals surface area contributed by atoms with E-state index in [2.05, 4.69) is 4.98 Å². The normalized spacial score (nSPS) is 11.4. The first-order chi connectivity index (χ1) is 11.7. The van der Waals surface area contributed by atoms with Gasteiger partial charge >= 0.3 is 6.18 Å². The van der Waals surface area contributed by atoms with E-state index in [1.807, 2.05) is 0 Å². The molecule has 0 saturated heterocycles. The molecule has 0 atom stereocenters. The predicted molar refractivity (Wildman–Crippen MR) is 82.9 cm³/mol. The molecule has 4 nitrogen and oxygen atoms in total. The molecule has 0 bridgehead atoms. The molecule has 0 aliphatic rings. The number of phenolic OH excluding ortho intramolecular Hbond substituents is 1. The van der Waals surface area contributed by atoms with Gasteiger partial charge in [-0.1, -0.05) is 23.2 Å². The first-order valence-corrected chi connectivity index (χ1v) is 7.60. The van der Waals surface area contributed by atoms with Gasteiger partial charge in [-0.15, -0.1) is 0 Å². The van der Waals surface area contributed by atoms with Crippen molar-refractivity contribution in [3.8, 4) is 17.4 Å². The Kier molecular flexibility index (Phi) is 6.18. The second-order valence-electron chi connectivity index (χ2n) is 4.80. The van der Waals surface area contributed by atoms with Crippen molar-refractivity contribution in [1.82, 2.24) is 4.98 Å². The van der Waals surface area contributed by atoms with E-state index < -0.39 is 23.4 Å². The molecule has 0 unspecified atom stereocenters. The average Bonchev–Trinajstić information content (AvgIpc) is 2.49. The number of halogens is 6. The van der Waals surface area contributed by atoms with Crippen LogP contribution in [-0.2, 0) is 6.18 Å². The topological polar surface area (TPSA) is 51.6 Å². The highest BCUT2D eigenvalue weighted by Crippen LogP contribution is 2.36. The Morgan fingerprint density at radius 2 is 1.64 bits per heavy atom. The highest BCUT2D eigenvalue weighted by molar-refractivity contribution is 6.37. The molecule has 1 heterocycles. The van der Waals surface area contributed by atoms with Gasteiger partial charge < -0.3 is 14.6 Å². The van der Waals surface area contributed by atoms with Gasteiger partial charge in [0.2, 0.25) is 5.88 Å². The van der Waals surface area contributed by atoms with Gasteiger partial charge in [0.1, 0.15) is 5.75 Å². The van der Waals surface area contributed by atoms with Crippen LogP contribution in [0.25, 0.3) is 0 Å². The van der Waals surface area contributed by atoms with Crippen LogP contribution in [0.4, 0.5) is 17.6 Å². The first-order valence-electron chi connectivity index (χ1n) is 6.85. The average molecular weight is 400 g/mol. The van der Waals surface area contributed by atoms with Gasteiger partial charge in [0, 0.05) is 24.8 Å². The van der Waals surface area contributed by atoms with Crippen molar-refractivity contribution >= 4 is 23.2 Å². The summed E-state index contributed by atoms with van der Waals surface area (Å²) in [6.45, 7) is 0.0368. The van der Waals surface area contributed by atoms with E-state index in [1.165, 1.54) is 12.1 Å². The SMILES string of the molecule is Oc1cc(Cl)c(OCCCOc2ncc(C(F)(F)F)cc2F)c(Cl)c1. The first kappa shape index (κ1) is 19.4. The molecule has 2 rings (SSSR count). The maximum atomic E-state index is 13.5. The van der Waals surface area contributed by atoms with Crippen LogP contribution in [0.3, 0.4) is 0 Å². The summed E-state index contributed by atoms with van der Waals surface area (Å²) in [7, 11) is 0. The van der Waals surface area contributed by atoms with Gasteiger partial charge in [0.15, 0.2) is 11.6 Å². The molecule has 1 aromatic heterocycles. The largest absolute Gasteiger partial charge is 0.508 e. The molecule has 0 amide bonds. The quantitative estimate of drug-likeness (QED) is 0.542. The summed E-state index contributed by atoms with van der Waals surface area (Å²) >= 11 is 11.7. The van der Waals surface area contributed by atoms with E-state index >= 15 is 0 Å². The van der Waals surface area contributed by atoms with Crippen molar-refractivity contribution < 1.29 is 32.1 Å². The van der Waals surface area contributed by atoms with Gasteiger partial charge in [-0.25, -0.2) is 9.37 Å². The second kappa shape index (κ2) is 7.97. The van der Waals surface area contributed by atoms with Gasteiger partial charge in [-0.05, 0) is 6.07 Å². The number of phenols is 1. The Labute approximate surface area is 149 Å². The summed E-state index contributed by atoms with van der Waals surface area (Å²) in [6.07, 6.45) is -3.93. The monoisotopic (exact) mass is 399 g/mol. The number of pyridine rings is 1. The van der Waals surface area contributed by atoms with Crippen LogP contribution in [0.2, 0.25) is 10.0 Å². The minimum absolute atomic E-state index is 0.0530. The molecule has 0 aliphatic carbocycles. The number of nitrogens with zero attached hydrogens (tertiary/aromatic N) is 1. The van der Waals surface area contributed by atoms with Crippen molar-refractivity contribution in [2.75, 3.05) is 13.2 Å². The molecule has 1 N–H and O–H groups in total. The van der Waals surface area contributed by atoms with Crippen LogP contribution in [0, 0.1) is 5.82 Å². The standard InChI is InChI=1S/C15H11Cl2F4NO3/c16-10-5-9(23)6-11(17)13(10)24-2-1-3-25-14-12(18)4-8(7-22-14)15(19,20)21/h4-7,23H,1-3H2. The summed E-state index contributed by atoms with van der Waals surface area (Å²) in [5.74, 6) is -1.69. The third-order valence-electron chi connectivity index (χ3n) is 2.89. The van der Waals surface area contributed by atoms with Crippen molar-refractivity contribution in [3.05, 3.63) is 45.8 Å². The number of alkyl halides is 3. The van der Waals surface area contributed by atoms with E-state index in [0.29, 0.717) is 12.3 Å². The number of ether oxygens (including phenoxy) is 2. The molecule has 1 aromatic carbocycles. The van der Waals surface area contributed by atoms with Gasteiger partial charge in [-0.3, -0.25) is 0 Å². The van der Waals surface area contributed by atoms with Crippen LogP contribution >= 0.6 is 23.2 Å². The van der Waals surface area contributed by atoms with Gasteiger partial charge in [0.05, 0.1) is 28.8 Å². The van der Waals surface area contributed by atoms with E-state index in [1.54, 1.807) is 0 Å². The Morgan fingerprint density at radius 1 is 1.04 bits per heavy atom. The van der Waals surface area contributed by atoms with Crippen LogP contribution in [0.15, 0.2) is 24.4 Å². The second-order valence-corrected chi connectivity index (χ2v) is 5.61. The molecule has 0 radical (unpaired) electrons. The summed E-state index contributed by atoms with van der Waals surface area (Å²) in [5, 5.41) is 9.52. The maximum Gasteiger partial charge on any atom is 0.417 e. The molecule has 0 fully saturated rings. The number of hydrogen-bond donors (Lipinski definition) is 1. The fraction of sp³-hybridized carbons (Fsp3) is 0.267. The summed E-state index contributed by atoms with van der Waals surface area (Å²) in [6, 6.07) is 2.82. The van der Waals surface area contributed by atoms with Crippen LogP contribution in [0.1, 0.15) is 12.0 Å². The lowest BCUT2D eigenvalue weighted by Gasteiger charge is -2.11. The summed E-state index contributed by atoms with van der Waals surface area (Å²) in [4.78, 5) is 3.31. The lowest BCUT2D eigenvalue weighted by atomic mass is 10.3. The van der Waals surface area contributed by atoms with E-state index in [9.17, 15) is 22.7 Å². The number of benzene rings is 1. The molecule has 25 heavy (non-hydrogen) atoms. The predicted octanol–water partition coefficient (Wildman–Crippen LogP) is 5.10. The smallest absolute Gasteiger partial charge is 0.417 e. The zero-order valence-corrected chi connectivity index (χ0v) is 13.9. The zero-order valence-electron chi connectivity index (χ0n) is 12.4. The van der Waals surface area contributed by atoms with Gasteiger partial charge in [0.25, 0.3) is 0 Å². The fourth-order valence-corrected chi connectivity index (χ4v) is 2.36. The molecule has 0 aliphatic heterocycles. The van der Waals surface area contributed by atoms with Gasteiger partial charge in [-0.2, -0.15) is 13.2 Å². The van der Waals surface area contributed by atoms with E-state index in [-0.39, 0.29) is 41.2 Å². The van der Waals surface area contributed by atoms with Crippen molar-refractivity contribution in [3.63, 3.8) is 0 Å². The lowest BCUT2D eigenvalue weighted by Crippen LogP contribution is -2.10. The molecular formula is C15H11Cl2F4NO3. The molecule has 2 aromatic rings. The molecule has 0 spiro atoms. The summed E-state index contributed by atoms with van der Waals surface area (Å²) < 4.78 is 61.0. The molecular weight excluding hydrogens is 389 g/mol. The number of rotatable bonds is 6.